The molecule has 0 bridgehead atoms. The Labute approximate surface area is 333 Å². The smallest absolute Gasteiger partial charge is 0.0705 e. The van der Waals surface area contributed by atoms with Crippen LogP contribution in [0.2, 0.25) is 0 Å². The van der Waals surface area contributed by atoms with Crippen LogP contribution >= 0.6 is 0 Å². The summed E-state index contributed by atoms with van der Waals surface area (Å²) in [6.45, 7) is 0. The van der Waals surface area contributed by atoms with E-state index >= 15 is 0 Å². The standard InChI is InChI=1S/C55H40N2/c1-5-16-39(17-6-1)41-28-32-45(33-29-41)56(46-34-30-42(31-35-46)40-18-7-2-8-19-40)47-36-37-52-49(38-47)48-24-15-26-51-54(48)57(52)53-27-14-13-25-50(53)55(51,43-20-9-3-10-21-43)44-22-11-4-12-23-44/h1-11,13-22,24-38H,12,23H2. The van der Waals surface area contributed by atoms with Crippen molar-refractivity contribution in [2.75, 3.05) is 4.90 Å². The molecule has 2 heterocycles. The molecule has 1 aliphatic carbocycles. The van der Waals surface area contributed by atoms with Gasteiger partial charge in [0.15, 0.2) is 0 Å². The highest BCUT2D eigenvalue weighted by Crippen LogP contribution is 2.56. The number of rotatable bonds is 7. The van der Waals surface area contributed by atoms with Crippen molar-refractivity contribution < 1.29 is 0 Å². The van der Waals surface area contributed by atoms with Gasteiger partial charge in [0, 0.05) is 27.8 Å². The second-order valence-corrected chi connectivity index (χ2v) is 15.2. The van der Waals surface area contributed by atoms with Gasteiger partial charge in [-0.1, -0.05) is 175 Å². The summed E-state index contributed by atoms with van der Waals surface area (Å²) in [5.41, 5.74) is 16.9. The Morgan fingerprint density at radius 2 is 1.02 bits per heavy atom. The summed E-state index contributed by atoms with van der Waals surface area (Å²) < 4.78 is 2.53. The van der Waals surface area contributed by atoms with Gasteiger partial charge in [-0.2, -0.15) is 0 Å². The highest BCUT2D eigenvalue weighted by Gasteiger charge is 2.46. The van der Waals surface area contributed by atoms with Crippen molar-refractivity contribution in [2.24, 2.45) is 0 Å². The zero-order valence-corrected chi connectivity index (χ0v) is 31.6. The number of allylic oxidation sites excluding steroid dienone is 4. The van der Waals surface area contributed by atoms with Gasteiger partial charge in [-0.15, -0.1) is 0 Å². The molecular weight excluding hydrogens is 689 g/mol. The quantitative estimate of drug-likeness (QED) is 0.159. The van der Waals surface area contributed by atoms with Crippen molar-refractivity contribution in [3.8, 4) is 27.9 Å². The number of anilines is 3. The van der Waals surface area contributed by atoms with Crippen LogP contribution in [0.3, 0.4) is 0 Å². The Morgan fingerprint density at radius 1 is 0.456 bits per heavy atom. The summed E-state index contributed by atoms with van der Waals surface area (Å²) in [7, 11) is 0. The third kappa shape index (κ3) is 5.25. The van der Waals surface area contributed by atoms with E-state index in [1.807, 2.05) is 0 Å². The second kappa shape index (κ2) is 13.5. The summed E-state index contributed by atoms with van der Waals surface area (Å²) in [5.74, 6) is 0. The van der Waals surface area contributed by atoms with Crippen LogP contribution < -0.4 is 4.90 Å². The predicted molar refractivity (Wildman–Crippen MR) is 239 cm³/mol. The molecule has 0 saturated carbocycles. The number of aromatic nitrogens is 1. The molecule has 0 amide bonds. The number of hydrogen-bond donors (Lipinski definition) is 0. The number of para-hydroxylation sites is 2. The second-order valence-electron chi connectivity index (χ2n) is 15.2. The molecule has 1 aromatic heterocycles. The zero-order valence-electron chi connectivity index (χ0n) is 31.6. The number of benzene rings is 8. The molecule has 2 heteroatoms. The van der Waals surface area contributed by atoms with Crippen LogP contribution in [-0.4, -0.2) is 4.57 Å². The Kier molecular flexibility index (Phi) is 7.89. The molecule has 8 aromatic carbocycles. The van der Waals surface area contributed by atoms with Gasteiger partial charge in [-0.25, -0.2) is 0 Å². The van der Waals surface area contributed by atoms with Gasteiger partial charge < -0.3 is 9.47 Å². The molecule has 57 heavy (non-hydrogen) atoms. The molecule has 0 radical (unpaired) electrons. The summed E-state index contributed by atoms with van der Waals surface area (Å²) in [6.07, 6.45) is 9.00. The molecule has 1 unspecified atom stereocenters. The average molecular weight is 729 g/mol. The van der Waals surface area contributed by atoms with Crippen molar-refractivity contribution in [1.29, 1.82) is 0 Å². The van der Waals surface area contributed by atoms with Crippen molar-refractivity contribution in [2.45, 2.75) is 18.3 Å². The first kappa shape index (κ1) is 33.2. The van der Waals surface area contributed by atoms with E-state index in [1.54, 1.807) is 0 Å². The van der Waals surface area contributed by atoms with Crippen LogP contribution in [0.25, 0.3) is 49.7 Å². The molecule has 0 fully saturated rings. The minimum absolute atomic E-state index is 0.414. The number of hydrogen-bond acceptors (Lipinski definition) is 1. The summed E-state index contributed by atoms with van der Waals surface area (Å²) >= 11 is 0. The van der Waals surface area contributed by atoms with E-state index < -0.39 is 5.41 Å². The van der Waals surface area contributed by atoms with E-state index in [0.29, 0.717) is 0 Å². The van der Waals surface area contributed by atoms with Crippen molar-refractivity contribution >= 4 is 38.9 Å². The maximum absolute atomic E-state index is 2.53. The highest BCUT2D eigenvalue weighted by molar-refractivity contribution is 6.13. The lowest BCUT2D eigenvalue weighted by Gasteiger charge is -2.43. The largest absolute Gasteiger partial charge is 0.310 e. The van der Waals surface area contributed by atoms with Crippen LogP contribution in [-0.2, 0) is 5.41 Å². The Hall–Kier alpha value is -7.16. The van der Waals surface area contributed by atoms with Crippen LogP contribution in [0.5, 0.6) is 0 Å². The van der Waals surface area contributed by atoms with Crippen molar-refractivity contribution in [1.82, 2.24) is 4.57 Å². The molecule has 0 spiro atoms. The van der Waals surface area contributed by atoms with Crippen LogP contribution in [0.1, 0.15) is 29.5 Å². The fraction of sp³-hybridized carbons (Fsp3) is 0.0545. The molecule has 1 aliphatic heterocycles. The summed E-state index contributed by atoms with van der Waals surface area (Å²) in [4.78, 5) is 2.40. The van der Waals surface area contributed by atoms with Gasteiger partial charge in [-0.05, 0) is 100 Å². The Morgan fingerprint density at radius 3 is 1.65 bits per heavy atom. The maximum atomic E-state index is 2.53. The molecular formula is C55H40N2. The third-order valence-electron chi connectivity index (χ3n) is 12.1. The van der Waals surface area contributed by atoms with E-state index in [9.17, 15) is 0 Å². The first-order valence-corrected chi connectivity index (χ1v) is 20.0. The van der Waals surface area contributed by atoms with Crippen LogP contribution in [0.4, 0.5) is 17.1 Å². The van der Waals surface area contributed by atoms with Gasteiger partial charge in [0.05, 0.1) is 22.1 Å². The van der Waals surface area contributed by atoms with E-state index in [1.165, 1.54) is 72.0 Å². The van der Waals surface area contributed by atoms with Gasteiger partial charge >= 0.3 is 0 Å². The molecule has 11 rings (SSSR count). The summed E-state index contributed by atoms with van der Waals surface area (Å²) in [6, 6.07) is 73.5. The number of nitrogens with zero attached hydrogens (tertiary/aromatic N) is 2. The first-order valence-electron chi connectivity index (χ1n) is 20.0. The SMILES string of the molecule is C1=CCCC(C2(c3ccccc3)c3ccccc3-n3c4ccc(N(c5ccc(-c6ccccc6)cc5)c5ccc(-c6ccccc6)cc5)cc4c4cccc2c43)=C1. The predicted octanol–water partition coefficient (Wildman–Crippen LogP) is 14.5. The van der Waals surface area contributed by atoms with E-state index in [2.05, 4.69) is 228 Å². The Bertz CT molecular complexity index is 2890. The summed E-state index contributed by atoms with van der Waals surface area (Å²) in [5, 5.41) is 2.51. The van der Waals surface area contributed by atoms with Crippen molar-refractivity contribution in [3.63, 3.8) is 0 Å². The average Bonchev–Trinajstić information content (AvgIpc) is 3.63. The van der Waals surface area contributed by atoms with Crippen LogP contribution in [0.15, 0.2) is 224 Å². The van der Waals surface area contributed by atoms with Gasteiger partial charge in [0.2, 0.25) is 0 Å². The van der Waals surface area contributed by atoms with Gasteiger partial charge in [0.25, 0.3) is 0 Å². The lowest BCUT2D eigenvalue weighted by Crippen LogP contribution is -2.36. The van der Waals surface area contributed by atoms with Gasteiger partial charge in [-0.3, -0.25) is 0 Å². The van der Waals surface area contributed by atoms with Gasteiger partial charge in [0.1, 0.15) is 0 Å². The molecule has 2 aliphatic rings. The van der Waals surface area contributed by atoms with E-state index in [0.717, 1.165) is 29.9 Å². The maximum Gasteiger partial charge on any atom is 0.0705 e. The highest BCUT2D eigenvalue weighted by atomic mass is 15.1. The fourth-order valence-corrected chi connectivity index (χ4v) is 9.64. The topological polar surface area (TPSA) is 8.17 Å². The monoisotopic (exact) mass is 728 g/mol. The zero-order chi connectivity index (χ0) is 37.8. The normalized spacial score (nSPS) is 15.7. The molecule has 1 atom stereocenters. The minimum Gasteiger partial charge on any atom is -0.310 e. The fourth-order valence-electron chi connectivity index (χ4n) is 9.64. The lowest BCUT2D eigenvalue weighted by molar-refractivity contribution is 0.666. The molecule has 2 nitrogen and oxygen atoms in total. The molecule has 0 N–H and O–H groups in total. The van der Waals surface area contributed by atoms with Crippen molar-refractivity contribution in [3.05, 3.63) is 241 Å². The first-order chi connectivity index (χ1) is 28.3. The number of fused-ring (bicyclic) bond motifs is 5. The molecule has 270 valence electrons. The molecule has 0 saturated heterocycles. The Balaban J connectivity index is 1.14. The van der Waals surface area contributed by atoms with E-state index in [4.69, 9.17) is 0 Å². The van der Waals surface area contributed by atoms with E-state index in [-0.39, 0.29) is 0 Å². The van der Waals surface area contributed by atoms with Crippen LogP contribution in [0, 0.1) is 0 Å². The minimum atomic E-state index is -0.414. The molecule has 9 aromatic rings. The third-order valence-corrected chi connectivity index (χ3v) is 12.1. The lowest BCUT2D eigenvalue weighted by atomic mass is 9.61.